The maximum Gasteiger partial charge on any atom is 0.0586 e. The van der Waals surface area contributed by atoms with Crippen LogP contribution in [0.4, 0.5) is 0 Å². The van der Waals surface area contributed by atoms with Crippen LogP contribution in [0, 0.1) is 0 Å². The standard InChI is InChI=1S/C29H62P.BrH/c1-5-6-7-8-9-10-11-12-13-14-15-16-17-18-19-20-21-22-23-24-25-26-27-28-29-30(2,3)4;/h5-29H2,1-4H3;1H/q+1;/p-1. The van der Waals surface area contributed by atoms with Crippen molar-refractivity contribution in [3.63, 3.8) is 0 Å². The third kappa shape index (κ3) is 33.2. The monoisotopic (exact) mass is 520 g/mol. The highest BCUT2D eigenvalue weighted by atomic mass is 79.9. The first-order chi connectivity index (χ1) is 14.6. The molecule has 0 aromatic carbocycles. The van der Waals surface area contributed by atoms with Crippen molar-refractivity contribution in [2.45, 2.75) is 161 Å². The summed E-state index contributed by atoms with van der Waals surface area (Å²) >= 11 is 0. The second-order valence-electron chi connectivity index (χ2n) is 11.1. The highest BCUT2D eigenvalue weighted by Crippen LogP contribution is 2.47. The van der Waals surface area contributed by atoms with Crippen LogP contribution in [-0.4, -0.2) is 26.2 Å². The Labute approximate surface area is 211 Å². The van der Waals surface area contributed by atoms with Gasteiger partial charge in [0.1, 0.15) is 0 Å². The van der Waals surface area contributed by atoms with Crippen molar-refractivity contribution >= 4 is 7.26 Å². The number of hydrogen-bond acceptors (Lipinski definition) is 0. The van der Waals surface area contributed by atoms with E-state index in [1.54, 1.807) is 0 Å². The lowest BCUT2D eigenvalue weighted by atomic mass is 10.0. The molecule has 0 radical (unpaired) electrons. The molecule has 0 amide bonds. The van der Waals surface area contributed by atoms with E-state index >= 15 is 0 Å². The largest absolute Gasteiger partial charge is 1.00 e. The fourth-order valence-corrected chi connectivity index (χ4v) is 5.72. The lowest BCUT2D eigenvalue weighted by Crippen LogP contribution is -3.00. The summed E-state index contributed by atoms with van der Waals surface area (Å²) in [5, 5.41) is 0. The van der Waals surface area contributed by atoms with Gasteiger partial charge in [-0.05, 0) is 12.8 Å². The Hall–Kier alpha value is 0.910. The van der Waals surface area contributed by atoms with E-state index in [0.29, 0.717) is 0 Å². The van der Waals surface area contributed by atoms with Crippen molar-refractivity contribution < 1.29 is 17.0 Å². The lowest BCUT2D eigenvalue weighted by Gasteiger charge is -2.10. The van der Waals surface area contributed by atoms with Crippen molar-refractivity contribution in [3.8, 4) is 0 Å². The molecule has 190 valence electrons. The van der Waals surface area contributed by atoms with E-state index in [1.807, 2.05) is 0 Å². The smallest absolute Gasteiger partial charge is 0.0586 e. The van der Waals surface area contributed by atoms with E-state index in [0.717, 1.165) is 0 Å². The second-order valence-corrected chi connectivity index (χ2v) is 16.2. The average Bonchev–Trinajstić information content (AvgIpc) is 2.70. The Balaban J connectivity index is 0. The van der Waals surface area contributed by atoms with Crippen molar-refractivity contribution in [1.82, 2.24) is 0 Å². The Morgan fingerprint density at radius 3 is 0.710 bits per heavy atom. The number of unbranched alkanes of at least 4 members (excludes halogenated alkanes) is 23. The molecule has 0 saturated heterocycles. The normalized spacial score (nSPS) is 11.6. The molecule has 0 aliphatic rings. The second kappa shape index (κ2) is 27.2. The van der Waals surface area contributed by atoms with Crippen molar-refractivity contribution in [1.29, 1.82) is 0 Å². The van der Waals surface area contributed by atoms with Crippen molar-refractivity contribution in [2.24, 2.45) is 0 Å². The van der Waals surface area contributed by atoms with Crippen LogP contribution in [0.2, 0.25) is 0 Å². The van der Waals surface area contributed by atoms with Gasteiger partial charge in [0.05, 0.1) is 6.16 Å². The summed E-state index contributed by atoms with van der Waals surface area (Å²) in [6, 6.07) is 0. The highest BCUT2D eigenvalue weighted by Gasteiger charge is 2.15. The first-order valence-electron chi connectivity index (χ1n) is 14.4. The zero-order valence-electron chi connectivity index (χ0n) is 22.5. The first-order valence-corrected chi connectivity index (χ1v) is 17.7. The van der Waals surface area contributed by atoms with Crippen molar-refractivity contribution in [2.75, 3.05) is 26.2 Å². The molecule has 0 unspecified atom stereocenters. The molecule has 31 heavy (non-hydrogen) atoms. The van der Waals surface area contributed by atoms with Crippen LogP contribution < -0.4 is 17.0 Å². The number of hydrogen-bond donors (Lipinski definition) is 0. The van der Waals surface area contributed by atoms with Gasteiger partial charge in [0.2, 0.25) is 0 Å². The van der Waals surface area contributed by atoms with E-state index in [-0.39, 0.29) is 17.0 Å². The minimum absolute atomic E-state index is 0. The summed E-state index contributed by atoms with van der Waals surface area (Å²) in [5.74, 6) is 0. The summed E-state index contributed by atoms with van der Waals surface area (Å²) in [6.07, 6.45) is 37.1. The Morgan fingerprint density at radius 1 is 0.323 bits per heavy atom. The maximum absolute atomic E-state index is 2.48. The third-order valence-corrected chi connectivity index (χ3v) is 8.34. The molecule has 0 saturated carbocycles. The molecular weight excluding hydrogens is 459 g/mol. The molecule has 0 aromatic heterocycles. The van der Waals surface area contributed by atoms with E-state index in [1.165, 1.54) is 160 Å². The summed E-state index contributed by atoms with van der Waals surface area (Å²) < 4.78 is 0. The molecule has 0 bridgehead atoms. The van der Waals surface area contributed by atoms with Crippen LogP contribution in [0.15, 0.2) is 0 Å². The Morgan fingerprint density at radius 2 is 0.516 bits per heavy atom. The van der Waals surface area contributed by atoms with Crippen molar-refractivity contribution in [3.05, 3.63) is 0 Å². The minimum atomic E-state index is -0.514. The zero-order valence-corrected chi connectivity index (χ0v) is 25.0. The summed E-state index contributed by atoms with van der Waals surface area (Å²) in [6.45, 7) is 9.74. The van der Waals surface area contributed by atoms with Gasteiger partial charge in [-0.25, -0.2) is 0 Å². The lowest BCUT2D eigenvalue weighted by molar-refractivity contribution is -0.00000697. The van der Waals surface area contributed by atoms with Gasteiger partial charge in [-0.15, -0.1) is 0 Å². The summed E-state index contributed by atoms with van der Waals surface area (Å²) in [4.78, 5) is 0. The maximum atomic E-state index is 2.48. The molecule has 2 heteroatoms. The average molecular weight is 522 g/mol. The molecule has 0 spiro atoms. The highest BCUT2D eigenvalue weighted by molar-refractivity contribution is 7.73. The van der Waals surface area contributed by atoms with Crippen LogP contribution in [0.25, 0.3) is 0 Å². The van der Waals surface area contributed by atoms with Gasteiger partial charge in [-0.3, -0.25) is 0 Å². The fourth-order valence-electron chi connectivity index (χ4n) is 4.55. The topological polar surface area (TPSA) is 0 Å². The number of halogens is 1. The third-order valence-electron chi connectivity index (χ3n) is 6.68. The molecule has 0 aliphatic carbocycles. The Bertz CT molecular complexity index is 310. The van der Waals surface area contributed by atoms with Gasteiger partial charge in [-0.1, -0.05) is 148 Å². The predicted molar refractivity (Wildman–Crippen MR) is 146 cm³/mol. The van der Waals surface area contributed by atoms with Gasteiger partial charge in [0, 0.05) is 27.3 Å². The molecule has 0 N–H and O–H groups in total. The zero-order chi connectivity index (χ0) is 22.2. The van der Waals surface area contributed by atoms with E-state index in [2.05, 4.69) is 26.9 Å². The van der Waals surface area contributed by atoms with Gasteiger partial charge < -0.3 is 17.0 Å². The molecule has 0 aromatic rings. The fraction of sp³-hybridized carbons (Fsp3) is 1.00. The predicted octanol–water partition coefficient (Wildman–Crippen LogP) is 8.28. The molecule has 0 rings (SSSR count). The van der Waals surface area contributed by atoms with Crippen LogP contribution in [0.1, 0.15) is 161 Å². The molecule has 0 aliphatic heterocycles. The van der Waals surface area contributed by atoms with Gasteiger partial charge in [0.15, 0.2) is 0 Å². The minimum Gasteiger partial charge on any atom is -1.00 e. The molecule has 0 atom stereocenters. The van der Waals surface area contributed by atoms with Crippen LogP contribution in [-0.2, 0) is 0 Å². The molecule has 0 heterocycles. The number of rotatable bonds is 25. The molecule has 0 fully saturated rings. The summed E-state index contributed by atoms with van der Waals surface area (Å²) in [7, 11) is -0.514. The molecule has 0 nitrogen and oxygen atoms in total. The van der Waals surface area contributed by atoms with Crippen LogP contribution in [0.3, 0.4) is 0 Å². The quantitative estimate of drug-likeness (QED) is 0.0838. The van der Waals surface area contributed by atoms with Gasteiger partial charge in [0.25, 0.3) is 0 Å². The van der Waals surface area contributed by atoms with E-state index in [4.69, 9.17) is 0 Å². The van der Waals surface area contributed by atoms with Crippen LogP contribution >= 0.6 is 7.26 Å². The van der Waals surface area contributed by atoms with Gasteiger partial charge in [-0.2, -0.15) is 0 Å². The Kier molecular flexibility index (Phi) is 29.9. The van der Waals surface area contributed by atoms with E-state index in [9.17, 15) is 0 Å². The summed E-state index contributed by atoms with van der Waals surface area (Å²) in [5.41, 5.74) is 0. The SMILES string of the molecule is CCCCCCCCCCCCCCCCCCCCCCCCCC[P+](C)(C)C.[Br-]. The van der Waals surface area contributed by atoms with Crippen LogP contribution in [0.5, 0.6) is 0 Å². The van der Waals surface area contributed by atoms with E-state index < -0.39 is 7.26 Å². The molecular formula is C29H62BrP. The van der Waals surface area contributed by atoms with Gasteiger partial charge >= 0.3 is 0 Å². The first kappa shape index (κ1) is 34.1.